The van der Waals surface area contributed by atoms with E-state index in [1.807, 2.05) is 0 Å². The van der Waals surface area contributed by atoms with Gasteiger partial charge in [0.05, 0.1) is 0 Å². The van der Waals surface area contributed by atoms with E-state index in [1.54, 1.807) is 0 Å². The third kappa shape index (κ3) is 3.55. The van der Waals surface area contributed by atoms with Gasteiger partial charge in [-0.1, -0.05) is 54.1 Å². The molecule has 3 heteroatoms. The van der Waals surface area contributed by atoms with Gasteiger partial charge in [-0.15, -0.1) is 0 Å². The molecule has 0 aliphatic carbocycles. The van der Waals surface area contributed by atoms with Gasteiger partial charge in [-0.05, 0) is 36.5 Å². The summed E-state index contributed by atoms with van der Waals surface area (Å²) in [6.45, 7) is 3.34. The van der Waals surface area contributed by atoms with Crippen molar-refractivity contribution in [2.24, 2.45) is 0 Å². The average Bonchev–Trinajstić information content (AvgIpc) is 3.08. The van der Waals surface area contributed by atoms with Crippen LogP contribution in [0.25, 0.3) is 11.1 Å². The molecule has 0 bridgehead atoms. The largest absolute Gasteiger partial charge is 0.368 e. The number of rotatable bonds is 4. The zero-order valence-corrected chi connectivity index (χ0v) is 12.8. The second kappa shape index (κ2) is 6.75. The molecule has 0 saturated carbocycles. The molecule has 1 amide bonds. The number of carbonyl (C=O) groups is 1. The Kier molecular flexibility index (Phi) is 4.54. The van der Waals surface area contributed by atoms with Crippen molar-refractivity contribution < 1.29 is 9.53 Å². The molecule has 1 atom stereocenters. The van der Waals surface area contributed by atoms with Gasteiger partial charge in [0.15, 0.2) is 0 Å². The number of benzene rings is 2. The summed E-state index contributed by atoms with van der Waals surface area (Å²) in [6, 6.07) is 16.8. The van der Waals surface area contributed by atoms with Crippen LogP contribution in [0.4, 0.5) is 0 Å². The molecule has 114 valence electrons. The zero-order chi connectivity index (χ0) is 15.4. The summed E-state index contributed by atoms with van der Waals surface area (Å²) in [5, 5.41) is 2.95. The lowest BCUT2D eigenvalue weighted by Gasteiger charge is -2.11. The van der Waals surface area contributed by atoms with Crippen molar-refractivity contribution in [3.8, 4) is 11.1 Å². The first-order valence-corrected chi connectivity index (χ1v) is 7.78. The molecule has 0 radical (unpaired) electrons. The van der Waals surface area contributed by atoms with E-state index in [1.165, 1.54) is 16.7 Å². The molecule has 2 aromatic rings. The maximum Gasteiger partial charge on any atom is 0.249 e. The third-order valence-corrected chi connectivity index (χ3v) is 3.99. The smallest absolute Gasteiger partial charge is 0.249 e. The van der Waals surface area contributed by atoms with Crippen LogP contribution in [0.2, 0.25) is 0 Å². The van der Waals surface area contributed by atoms with Gasteiger partial charge in [0.1, 0.15) is 6.10 Å². The average molecular weight is 295 g/mol. The van der Waals surface area contributed by atoms with E-state index in [2.05, 4.69) is 60.8 Å². The minimum atomic E-state index is -0.258. The maximum absolute atomic E-state index is 11.9. The maximum atomic E-state index is 11.9. The van der Waals surface area contributed by atoms with Crippen LogP contribution in [-0.2, 0) is 16.1 Å². The van der Waals surface area contributed by atoms with Crippen LogP contribution < -0.4 is 5.32 Å². The first kappa shape index (κ1) is 14.8. The van der Waals surface area contributed by atoms with Gasteiger partial charge >= 0.3 is 0 Å². The van der Waals surface area contributed by atoms with Crippen LogP contribution in [0.5, 0.6) is 0 Å². The molecule has 0 aromatic heterocycles. The molecule has 1 fully saturated rings. The number of aryl methyl sites for hydroxylation is 1. The van der Waals surface area contributed by atoms with Gasteiger partial charge < -0.3 is 10.1 Å². The third-order valence-electron chi connectivity index (χ3n) is 3.99. The number of amides is 1. The second-order valence-electron chi connectivity index (χ2n) is 5.79. The molecule has 2 aromatic carbocycles. The predicted octanol–water partition coefficient (Wildman–Crippen LogP) is 3.46. The molecule has 1 unspecified atom stereocenters. The summed E-state index contributed by atoms with van der Waals surface area (Å²) < 4.78 is 5.38. The van der Waals surface area contributed by atoms with Gasteiger partial charge in [-0.25, -0.2) is 0 Å². The number of hydrogen-bond donors (Lipinski definition) is 1. The van der Waals surface area contributed by atoms with Crippen molar-refractivity contribution in [1.29, 1.82) is 0 Å². The van der Waals surface area contributed by atoms with Crippen LogP contribution in [0.1, 0.15) is 24.0 Å². The van der Waals surface area contributed by atoms with Crippen molar-refractivity contribution in [3.63, 3.8) is 0 Å². The van der Waals surface area contributed by atoms with E-state index in [4.69, 9.17) is 4.74 Å². The van der Waals surface area contributed by atoms with E-state index in [0.29, 0.717) is 13.2 Å². The first-order chi connectivity index (χ1) is 10.7. The summed E-state index contributed by atoms with van der Waals surface area (Å²) >= 11 is 0. The molecule has 3 rings (SSSR count). The Morgan fingerprint density at radius 2 is 2.00 bits per heavy atom. The Hall–Kier alpha value is -2.13. The van der Waals surface area contributed by atoms with E-state index in [9.17, 15) is 4.79 Å². The Morgan fingerprint density at radius 1 is 1.18 bits per heavy atom. The zero-order valence-electron chi connectivity index (χ0n) is 12.8. The lowest BCUT2D eigenvalue weighted by atomic mass is 10.0. The number of nitrogens with one attached hydrogen (secondary N) is 1. The topological polar surface area (TPSA) is 38.3 Å². The highest BCUT2D eigenvalue weighted by Gasteiger charge is 2.22. The Labute approximate surface area is 131 Å². The molecule has 1 aliphatic rings. The lowest BCUT2D eigenvalue weighted by molar-refractivity contribution is -0.130. The Morgan fingerprint density at radius 3 is 2.68 bits per heavy atom. The van der Waals surface area contributed by atoms with Gasteiger partial charge in [0.2, 0.25) is 5.91 Å². The fourth-order valence-corrected chi connectivity index (χ4v) is 2.73. The molecule has 3 nitrogen and oxygen atoms in total. The lowest BCUT2D eigenvalue weighted by Crippen LogP contribution is -2.33. The summed E-state index contributed by atoms with van der Waals surface area (Å²) in [6.07, 6.45) is 1.55. The fourth-order valence-electron chi connectivity index (χ4n) is 2.73. The molecular formula is C19H21NO2. The van der Waals surface area contributed by atoms with Crippen molar-refractivity contribution >= 4 is 5.91 Å². The summed E-state index contributed by atoms with van der Waals surface area (Å²) in [5.74, 6) is 0.000241. The number of hydrogen-bond acceptors (Lipinski definition) is 2. The highest BCUT2D eigenvalue weighted by atomic mass is 16.5. The standard InChI is InChI=1S/C19H21NO2/c1-14-4-2-5-17(12-14)16-9-7-15(8-10-16)13-20-19(21)18-6-3-11-22-18/h2,4-5,7-10,12,18H,3,6,11,13H2,1H3,(H,20,21). The monoisotopic (exact) mass is 295 g/mol. The summed E-state index contributed by atoms with van der Waals surface area (Å²) in [4.78, 5) is 11.9. The van der Waals surface area contributed by atoms with Crippen LogP contribution in [0.3, 0.4) is 0 Å². The fraction of sp³-hybridized carbons (Fsp3) is 0.316. The molecule has 1 N–H and O–H groups in total. The van der Waals surface area contributed by atoms with Crippen LogP contribution >= 0.6 is 0 Å². The Balaban J connectivity index is 1.60. The molecule has 1 aliphatic heterocycles. The van der Waals surface area contributed by atoms with Crippen molar-refractivity contribution in [2.45, 2.75) is 32.4 Å². The summed E-state index contributed by atoms with van der Waals surface area (Å²) in [7, 11) is 0. The highest BCUT2D eigenvalue weighted by molar-refractivity contribution is 5.81. The predicted molar refractivity (Wildman–Crippen MR) is 87.4 cm³/mol. The molecule has 1 heterocycles. The van der Waals surface area contributed by atoms with Gasteiger partial charge in [0.25, 0.3) is 0 Å². The van der Waals surface area contributed by atoms with E-state index in [-0.39, 0.29) is 12.0 Å². The minimum absolute atomic E-state index is 0.000241. The van der Waals surface area contributed by atoms with E-state index >= 15 is 0 Å². The van der Waals surface area contributed by atoms with Gasteiger partial charge in [-0.2, -0.15) is 0 Å². The SMILES string of the molecule is Cc1cccc(-c2ccc(CNC(=O)C3CCCO3)cc2)c1. The van der Waals surface area contributed by atoms with Crippen LogP contribution in [-0.4, -0.2) is 18.6 Å². The number of ether oxygens (including phenoxy) is 1. The van der Waals surface area contributed by atoms with E-state index in [0.717, 1.165) is 18.4 Å². The second-order valence-corrected chi connectivity index (χ2v) is 5.79. The van der Waals surface area contributed by atoms with Crippen LogP contribution in [0.15, 0.2) is 48.5 Å². The number of carbonyl (C=O) groups excluding carboxylic acids is 1. The van der Waals surface area contributed by atoms with Crippen molar-refractivity contribution in [1.82, 2.24) is 5.32 Å². The molecule has 0 spiro atoms. The van der Waals surface area contributed by atoms with Crippen LogP contribution in [0, 0.1) is 6.92 Å². The van der Waals surface area contributed by atoms with Gasteiger partial charge in [0, 0.05) is 13.2 Å². The van der Waals surface area contributed by atoms with E-state index < -0.39 is 0 Å². The minimum Gasteiger partial charge on any atom is -0.368 e. The summed E-state index contributed by atoms with van der Waals surface area (Å²) in [5.41, 5.74) is 4.76. The molecule has 1 saturated heterocycles. The Bertz CT molecular complexity index is 643. The normalized spacial score (nSPS) is 17.4. The molecular weight excluding hydrogens is 274 g/mol. The molecule has 22 heavy (non-hydrogen) atoms. The quantitative estimate of drug-likeness (QED) is 0.938. The van der Waals surface area contributed by atoms with Crippen molar-refractivity contribution in [3.05, 3.63) is 59.7 Å². The highest BCUT2D eigenvalue weighted by Crippen LogP contribution is 2.21. The van der Waals surface area contributed by atoms with Gasteiger partial charge in [-0.3, -0.25) is 4.79 Å². The first-order valence-electron chi connectivity index (χ1n) is 7.78. The van der Waals surface area contributed by atoms with Crippen molar-refractivity contribution in [2.75, 3.05) is 6.61 Å².